The lowest BCUT2D eigenvalue weighted by Crippen LogP contribution is -2.45. The topological polar surface area (TPSA) is 67.2 Å². The molecule has 1 unspecified atom stereocenters. The predicted molar refractivity (Wildman–Crippen MR) is 76.3 cm³/mol. The maximum atomic E-state index is 6.19. The summed E-state index contributed by atoms with van der Waals surface area (Å²) in [5, 5.41) is 0.599. The molecule has 0 aliphatic carbocycles. The van der Waals surface area contributed by atoms with E-state index in [4.69, 9.17) is 22.1 Å². The highest BCUT2D eigenvalue weighted by atomic mass is 35.5. The van der Waals surface area contributed by atoms with E-state index in [2.05, 4.69) is 21.8 Å². The minimum Gasteiger partial charge on any atom is -0.374 e. The lowest BCUT2D eigenvalue weighted by Gasteiger charge is -2.31. The van der Waals surface area contributed by atoms with Crippen molar-refractivity contribution in [2.75, 3.05) is 26.2 Å². The highest BCUT2D eigenvalue weighted by molar-refractivity contribution is 6.30. The van der Waals surface area contributed by atoms with Crippen molar-refractivity contribution in [3.63, 3.8) is 0 Å². The first kappa shape index (κ1) is 14.8. The molecule has 1 saturated heterocycles. The number of nitrogens with two attached hydrogens (primary N) is 1. The molecule has 1 fully saturated rings. The summed E-state index contributed by atoms with van der Waals surface area (Å²) in [4.78, 5) is 10.0. The number of halogens is 1. The van der Waals surface area contributed by atoms with Gasteiger partial charge in [-0.25, -0.2) is 4.98 Å². The van der Waals surface area contributed by atoms with Crippen molar-refractivity contribution in [3.8, 4) is 0 Å². The fourth-order valence-corrected chi connectivity index (χ4v) is 2.51. The molecule has 2 rings (SSSR count). The lowest BCUT2D eigenvalue weighted by molar-refractivity contribution is -0.0263. The lowest BCUT2D eigenvalue weighted by atomic mass is 10.2. The average Bonchev–Trinajstić information content (AvgIpc) is 2.77. The van der Waals surface area contributed by atoms with Crippen molar-refractivity contribution >= 4 is 11.6 Å². The minimum atomic E-state index is 0.134. The quantitative estimate of drug-likeness (QED) is 0.833. The molecular weight excluding hydrogens is 264 g/mol. The van der Waals surface area contributed by atoms with E-state index in [0.717, 1.165) is 57.0 Å². The summed E-state index contributed by atoms with van der Waals surface area (Å²) in [7, 11) is 0. The Hall–Kier alpha value is -0.620. The van der Waals surface area contributed by atoms with Crippen LogP contribution in [0.25, 0.3) is 0 Å². The van der Waals surface area contributed by atoms with E-state index in [-0.39, 0.29) is 6.10 Å². The van der Waals surface area contributed by atoms with Crippen LogP contribution in [-0.2, 0) is 17.7 Å². The first-order valence-corrected chi connectivity index (χ1v) is 7.38. The molecule has 5 nitrogen and oxygen atoms in total. The third kappa shape index (κ3) is 4.18. The molecule has 1 aromatic rings. The van der Waals surface area contributed by atoms with Crippen LogP contribution in [0.2, 0.25) is 5.15 Å². The van der Waals surface area contributed by atoms with Crippen LogP contribution in [0.1, 0.15) is 31.3 Å². The SMILES string of the molecule is CCCCc1nc(Cl)c(CN2CCOC(CN)C2)[nH]1. The Labute approximate surface area is 119 Å². The Morgan fingerprint density at radius 2 is 2.42 bits per heavy atom. The fourth-order valence-electron chi connectivity index (χ4n) is 2.30. The largest absolute Gasteiger partial charge is 0.374 e. The van der Waals surface area contributed by atoms with Gasteiger partial charge >= 0.3 is 0 Å². The van der Waals surface area contributed by atoms with Gasteiger partial charge < -0.3 is 15.5 Å². The molecule has 0 aromatic carbocycles. The highest BCUT2D eigenvalue weighted by Crippen LogP contribution is 2.17. The number of aromatic amines is 1. The highest BCUT2D eigenvalue weighted by Gasteiger charge is 2.21. The number of rotatable bonds is 6. The summed E-state index contributed by atoms with van der Waals surface area (Å²) >= 11 is 6.19. The van der Waals surface area contributed by atoms with Crippen molar-refractivity contribution < 1.29 is 4.74 Å². The molecular formula is C13H23ClN4O. The first-order chi connectivity index (χ1) is 9.22. The van der Waals surface area contributed by atoms with Crippen LogP contribution in [0.5, 0.6) is 0 Å². The van der Waals surface area contributed by atoms with Gasteiger partial charge in [0.25, 0.3) is 0 Å². The predicted octanol–water partition coefficient (Wildman–Crippen LogP) is 1.57. The average molecular weight is 287 g/mol. The molecule has 0 saturated carbocycles. The minimum absolute atomic E-state index is 0.134. The Kier molecular flexibility index (Phi) is 5.63. The molecule has 0 radical (unpaired) electrons. The van der Waals surface area contributed by atoms with Gasteiger partial charge in [-0.3, -0.25) is 4.90 Å². The van der Waals surface area contributed by atoms with Crippen molar-refractivity contribution in [2.24, 2.45) is 5.73 Å². The van der Waals surface area contributed by atoms with Crippen LogP contribution in [0.15, 0.2) is 0 Å². The van der Waals surface area contributed by atoms with Crippen LogP contribution in [0, 0.1) is 0 Å². The second-order valence-electron chi connectivity index (χ2n) is 5.02. The van der Waals surface area contributed by atoms with Crippen LogP contribution in [0.3, 0.4) is 0 Å². The third-order valence-electron chi connectivity index (χ3n) is 3.41. The van der Waals surface area contributed by atoms with Crippen LogP contribution >= 0.6 is 11.6 Å². The molecule has 108 valence electrons. The zero-order valence-corrected chi connectivity index (χ0v) is 12.2. The number of unbranched alkanes of at least 4 members (excludes halogenated alkanes) is 1. The van der Waals surface area contributed by atoms with Crippen LogP contribution in [-0.4, -0.2) is 47.2 Å². The van der Waals surface area contributed by atoms with Gasteiger partial charge in [0.1, 0.15) is 5.82 Å². The number of nitrogens with one attached hydrogen (secondary N) is 1. The zero-order valence-electron chi connectivity index (χ0n) is 11.5. The van der Waals surface area contributed by atoms with E-state index >= 15 is 0 Å². The van der Waals surface area contributed by atoms with Crippen LogP contribution in [0.4, 0.5) is 0 Å². The number of nitrogens with zero attached hydrogens (tertiary/aromatic N) is 2. The molecule has 0 amide bonds. The Morgan fingerprint density at radius 1 is 1.58 bits per heavy atom. The summed E-state index contributed by atoms with van der Waals surface area (Å²) in [6.45, 7) is 6.03. The number of imidazole rings is 1. The molecule has 1 aliphatic heterocycles. The summed E-state index contributed by atoms with van der Waals surface area (Å²) in [5.41, 5.74) is 6.65. The van der Waals surface area contributed by atoms with E-state index in [1.54, 1.807) is 0 Å². The summed E-state index contributed by atoms with van der Waals surface area (Å²) < 4.78 is 5.56. The molecule has 1 aromatic heterocycles. The van der Waals surface area contributed by atoms with Crippen molar-refractivity contribution in [1.82, 2.24) is 14.9 Å². The van der Waals surface area contributed by atoms with Crippen molar-refractivity contribution in [2.45, 2.75) is 38.8 Å². The fraction of sp³-hybridized carbons (Fsp3) is 0.769. The Morgan fingerprint density at radius 3 is 3.16 bits per heavy atom. The first-order valence-electron chi connectivity index (χ1n) is 7.00. The number of hydrogen-bond donors (Lipinski definition) is 2. The zero-order chi connectivity index (χ0) is 13.7. The van der Waals surface area contributed by atoms with Gasteiger partial charge in [0.05, 0.1) is 18.4 Å². The molecule has 19 heavy (non-hydrogen) atoms. The molecule has 3 N–H and O–H groups in total. The van der Waals surface area contributed by atoms with Gasteiger partial charge in [0.2, 0.25) is 0 Å². The van der Waals surface area contributed by atoms with E-state index in [1.165, 1.54) is 0 Å². The molecule has 1 atom stereocenters. The van der Waals surface area contributed by atoms with Crippen molar-refractivity contribution in [3.05, 3.63) is 16.7 Å². The van der Waals surface area contributed by atoms with Gasteiger partial charge in [-0.15, -0.1) is 0 Å². The Balaban J connectivity index is 1.92. The summed E-state index contributed by atoms with van der Waals surface area (Å²) in [6, 6.07) is 0. The Bertz CT molecular complexity index is 396. The second-order valence-corrected chi connectivity index (χ2v) is 5.38. The van der Waals surface area contributed by atoms with Gasteiger partial charge in [-0.1, -0.05) is 24.9 Å². The molecule has 6 heteroatoms. The smallest absolute Gasteiger partial charge is 0.151 e. The number of morpholine rings is 1. The number of H-pyrrole nitrogens is 1. The standard InChI is InChI=1S/C13H23ClN4O/c1-2-3-4-12-16-11(13(14)17-12)9-18-5-6-19-10(7-15)8-18/h10H,2-9,15H2,1H3,(H,16,17). The molecule has 2 heterocycles. The van der Waals surface area contributed by atoms with Gasteiger partial charge in [-0.05, 0) is 6.42 Å². The van der Waals surface area contributed by atoms with E-state index < -0.39 is 0 Å². The number of aromatic nitrogens is 2. The second kappa shape index (κ2) is 7.24. The maximum Gasteiger partial charge on any atom is 0.151 e. The monoisotopic (exact) mass is 286 g/mol. The van der Waals surface area contributed by atoms with Crippen molar-refractivity contribution in [1.29, 1.82) is 0 Å². The normalized spacial score (nSPS) is 20.9. The number of hydrogen-bond acceptors (Lipinski definition) is 4. The maximum absolute atomic E-state index is 6.19. The number of aryl methyl sites for hydroxylation is 1. The molecule has 0 bridgehead atoms. The molecule has 1 aliphatic rings. The summed E-state index contributed by atoms with van der Waals surface area (Å²) in [6.07, 6.45) is 3.39. The summed E-state index contributed by atoms with van der Waals surface area (Å²) in [5.74, 6) is 0.991. The molecule has 0 spiro atoms. The van der Waals surface area contributed by atoms with Gasteiger partial charge in [-0.2, -0.15) is 0 Å². The number of ether oxygens (including phenoxy) is 1. The van der Waals surface area contributed by atoms with E-state index in [1.807, 2.05) is 0 Å². The van der Waals surface area contributed by atoms with Gasteiger partial charge in [0.15, 0.2) is 5.15 Å². The van der Waals surface area contributed by atoms with Gasteiger partial charge in [0, 0.05) is 32.6 Å². The van der Waals surface area contributed by atoms with Crippen LogP contribution < -0.4 is 5.73 Å². The van der Waals surface area contributed by atoms with E-state index in [9.17, 15) is 0 Å². The third-order valence-corrected chi connectivity index (χ3v) is 3.72. The van der Waals surface area contributed by atoms with E-state index in [0.29, 0.717) is 11.7 Å².